The summed E-state index contributed by atoms with van der Waals surface area (Å²) in [6.45, 7) is 6.25. The number of nitro groups is 1. The van der Waals surface area contributed by atoms with Gasteiger partial charge >= 0.3 is 0 Å². The third kappa shape index (κ3) is 5.11. The van der Waals surface area contributed by atoms with Crippen LogP contribution in [0.2, 0.25) is 19.6 Å². The predicted molar refractivity (Wildman–Crippen MR) is 95.7 cm³/mol. The summed E-state index contributed by atoms with van der Waals surface area (Å²) in [4.78, 5) is 22.8. The summed E-state index contributed by atoms with van der Waals surface area (Å²) in [5.41, 5.74) is 1.40. The van der Waals surface area contributed by atoms with Crippen molar-refractivity contribution in [3.63, 3.8) is 0 Å². The van der Waals surface area contributed by atoms with Gasteiger partial charge in [0.25, 0.3) is 5.69 Å². The lowest BCUT2D eigenvalue weighted by Crippen LogP contribution is -2.29. The first-order valence-electron chi connectivity index (χ1n) is 7.77. The zero-order chi connectivity index (χ0) is 17.7. The summed E-state index contributed by atoms with van der Waals surface area (Å²) in [6.07, 6.45) is -0.0907. The molecule has 0 aliphatic rings. The van der Waals surface area contributed by atoms with Crippen molar-refractivity contribution >= 4 is 19.8 Å². The highest BCUT2D eigenvalue weighted by Crippen LogP contribution is 2.27. The van der Waals surface area contributed by atoms with E-state index in [1.54, 1.807) is 0 Å². The summed E-state index contributed by atoms with van der Waals surface area (Å²) >= 11 is 0. The molecule has 1 unspecified atom stereocenters. The molecule has 126 valence electrons. The topological polar surface area (TPSA) is 69.4 Å². The number of ketones is 1. The van der Waals surface area contributed by atoms with Crippen molar-refractivity contribution in [1.29, 1.82) is 0 Å². The van der Waals surface area contributed by atoms with Crippen molar-refractivity contribution in [1.82, 2.24) is 0 Å². The molecular weight excluding hydrogens is 322 g/mol. The SMILES string of the molecule is C[Si](C)(C)OC(CC(=O)c1ccc([N+](=O)[O-])cc1)c1ccccc1. The van der Waals surface area contributed by atoms with Crippen molar-refractivity contribution in [3.8, 4) is 0 Å². The quantitative estimate of drug-likeness (QED) is 0.314. The molecule has 24 heavy (non-hydrogen) atoms. The molecule has 0 amide bonds. The van der Waals surface area contributed by atoms with Gasteiger partial charge in [-0.1, -0.05) is 30.3 Å². The van der Waals surface area contributed by atoms with E-state index in [9.17, 15) is 14.9 Å². The molecule has 2 rings (SSSR count). The fourth-order valence-corrected chi connectivity index (χ4v) is 3.45. The Hall–Kier alpha value is -2.31. The molecule has 0 radical (unpaired) electrons. The summed E-state index contributed by atoms with van der Waals surface area (Å²) < 4.78 is 6.19. The van der Waals surface area contributed by atoms with Gasteiger partial charge in [0, 0.05) is 24.1 Å². The number of Topliss-reactive ketones (excluding diaryl/α,β-unsaturated/α-hetero) is 1. The molecule has 0 aromatic heterocycles. The van der Waals surface area contributed by atoms with Crippen molar-refractivity contribution in [2.45, 2.75) is 32.2 Å². The fourth-order valence-electron chi connectivity index (χ4n) is 2.38. The molecule has 0 saturated heterocycles. The van der Waals surface area contributed by atoms with Gasteiger partial charge in [-0.25, -0.2) is 0 Å². The number of carbonyl (C=O) groups excluding carboxylic acids is 1. The number of hydrogen-bond acceptors (Lipinski definition) is 4. The largest absolute Gasteiger partial charge is 0.410 e. The molecule has 0 aliphatic carbocycles. The van der Waals surface area contributed by atoms with Crippen LogP contribution in [0.5, 0.6) is 0 Å². The molecule has 0 bridgehead atoms. The summed E-state index contributed by atoms with van der Waals surface area (Å²) in [5.74, 6) is -0.0861. The molecular formula is C18H21NO4Si. The molecule has 6 heteroatoms. The van der Waals surface area contributed by atoms with Crippen LogP contribution in [0.15, 0.2) is 54.6 Å². The normalized spacial score (nSPS) is 12.6. The Balaban J connectivity index is 2.19. The Bertz CT molecular complexity index is 708. The second kappa shape index (κ2) is 7.50. The first-order valence-corrected chi connectivity index (χ1v) is 11.2. The monoisotopic (exact) mass is 343 g/mol. The molecule has 0 aliphatic heterocycles. The Labute approximate surface area is 142 Å². The number of rotatable bonds is 7. The van der Waals surface area contributed by atoms with E-state index in [4.69, 9.17) is 4.43 Å². The number of benzene rings is 2. The first kappa shape index (κ1) is 18.0. The maximum absolute atomic E-state index is 12.6. The van der Waals surface area contributed by atoms with Crippen molar-refractivity contribution < 1.29 is 14.1 Å². The highest BCUT2D eigenvalue weighted by Gasteiger charge is 2.25. The van der Waals surface area contributed by atoms with Crippen LogP contribution in [0, 0.1) is 10.1 Å². The zero-order valence-electron chi connectivity index (χ0n) is 14.1. The van der Waals surface area contributed by atoms with Gasteiger partial charge in [-0.05, 0) is 37.3 Å². The second-order valence-corrected chi connectivity index (χ2v) is 11.0. The molecule has 2 aromatic carbocycles. The van der Waals surface area contributed by atoms with Crippen LogP contribution in [0.25, 0.3) is 0 Å². The van der Waals surface area contributed by atoms with E-state index in [1.165, 1.54) is 24.3 Å². The molecule has 1 atom stereocenters. The van der Waals surface area contributed by atoms with E-state index in [-0.39, 0.29) is 24.0 Å². The lowest BCUT2D eigenvalue weighted by molar-refractivity contribution is -0.384. The van der Waals surface area contributed by atoms with E-state index < -0.39 is 13.2 Å². The molecule has 0 saturated carbocycles. The smallest absolute Gasteiger partial charge is 0.269 e. The van der Waals surface area contributed by atoms with Gasteiger partial charge in [0.1, 0.15) is 0 Å². The van der Waals surface area contributed by atoms with E-state index in [1.807, 2.05) is 30.3 Å². The van der Waals surface area contributed by atoms with E-state index >= 15 is 0 Å². The lowest BCUT2D eigenvalue weighted by atomic mass is 10.0. The van der Waals surface area contributed by atoms with Crippen LogP contribution in [-0.2, 0) is 4.43 Å². The highest BCUT2D eigenvalue weighted by atomic mass is 28.4. The molecule has 0 N–H and O–H groups in total. The highest BCUT2D eigenvalue weighted by molar-refractivity contribution is 6.69. The van der Waals surface area contributed by atoms with Crippen LogP contribution < -0.4 is 0 Å². The summed E-state index contributed by atoms with van der Waals surface area (Å²) in [6, 6.07) is 15.4. The fraction of sp³-hybridized carbons (Fsp3) is 0.278. The maximum Gasteiger partial charge on any atom is 0.269 e. The van der Waals surface area contributed by atoms with E-state index in [2.05, 4.69) is 19.6 Å². The average molecular weight is 343 g/mol. The minimum Gasteiger partial charge on any atom is -0.410 e. The van der Waals surface area contributed by atoms with Crippen molar-refractivity contribution in [2.24, 2.45) is 0 Å². The van der Waals surface area contributed by atoms with Crippen LogP contribution in [0.1, 0.15) is 28.4 Å². The van der Waals surface area contributed by atoms with Gasteiger partial charge < -0.3 is 4.43 Å². The van der Waals surface area contributed by atoms with Gasteiger partial charge in [-0.2, -0.15) is 0 Å². The standard InChI is InChI=1S/C18H21NO4Si/c1-24(2,3)23-18(15-7-5-4-6-8-15)13-17(20)14-9-11-16(12-10-14)19(21)22/h4-12,18H,13H2,1-3H3. The molecule has 0 heterocycles. The molecule has 0 spiro atoms. The van der Waals surface area contributed by atoms with E-state index in [0.717, 1.165) is 5.56 Å². The van der Waals surface area contributed by atoms with Gasteiger partial charge in [-0.15, -0.1) is 0 Å². The third-order valence-corrected chi connectivity index (χ3v) is 4.43. The van der Waals surface area contributed by atoms with Gasteiger partial charge in [0.05, 0.1) is 11.0 Å². The van der Waals surface area contributed by atoms with Gasteiger partial charge in [0.2, 0.25) is 0 Å². The Morgan fingerprint density at radius 1 is 1.08 bits per heavy atom. The number of hydrogen-bond donors (Lipinski definition) is 0. The third-order valence-electron chi connectivity index (χ3n) is 3.44. The Kier molecular flexibility index (Phi) is 5.64. The Morgan fingerprint density at radius 3 is 2.17 bits per heavy atom. The molecule has 5 nitrogen and oxygen atoms in total. The summed E-state index contributed by atoms with van der Waals surface area (Å²) in [5, 5.41) is 10.7. The predicted octanol–water partition coefficient (Wildman–Crippen LogP) is 4.76. The van der Waals surface area contributed by atoms with Crippen LogP contribution in [0.4, 0.5) is 5.69 Å². The minimum absolute atomic E-state index is 0.0236. The zero-order valence-corrected chi connectivity index (χ0v) is 15.1. The maximum atomic E-state index is 12.6. The van der Waals surface area contributed by atoms with Crippen molar-refractivity contribution in [3.05, 3.63) is 75.8 Å². The number of non-ortho nitro benzene ring substituents is 1. The average Bonchev–Trinajstić information content (AvgIpc) is 2.54. The first-order chi connectivity index (χ1) is 11.3. The van der Waals surface area contributed by atoms with Crippen LogP contribution in [-0.4, -0.2) is 19.0 Å². The minimum atomic E-state index is -1.84. The van der Waals surface area contributed by atoms with E-state index in [0.29, 0.717) is 5.56 Å². The summed E-state index contributed by atoms with van der Waals surface area (Å²) in [7, 11) is -1.84. The lowest BCUT2D eigenvalue weighted by Gasteiger charge is -2.26. The van der Waals surface area contributed by atoms with Crippen LogP contribution in [0.3, 0.4) is 0 Å². The number of nitrogens with zero attached hydrogens (tertiary/aromatic N) is 1. The number of carbonyl (C=O) groups is 1. The Morgan fingerprint density at radius 2 is 1.67 bits per heavy atom. The van der Waals surface area contributed by atoms with Crippen LogP contribution >= 0.6 is 0 Å². The number of nitro benzene ring substituents is 1. The van der Waals surface area contributed by atoms with Gasteiger partial charge in [0.15, 0.2) is 14.1 Å². The molecule has 0 fully saturated rings. The van der Waals surface area contributed by atoms with Crippen molar-refractivity contribution in [2.75, 3.05) is 0 Å². The molecule has 2 aromatic rings. The second-order valence-electron chi connectivity index (χ2n) is 6.56. The van der Waals surface area contributed by atoms with Gasteiger partial charge in [-0.3, -0.25) is 14.9 Å².